The number of nitrogens with one attached hydrogen (secondary N) is 2. The monoisotopic (exact) mass is 525 g/mol. The molecule has 0 aliphatic carbocycles. The molecule has 164 valence electrons. The lowest BCUT2D eigenvalue weighted by Gasteiger charge is -2.29. The van der Waals surface area contributed by atoms with E-state index in [1.165, 1.54) is 11.1 Å². The molecule has 0 radical (unpaired) electrons. The third-order valence-corrected chi connectivity index (χ3v) is 5.17. The molecule has 2 heterocycles. The summed E-state index contributed by atoms with van der Waals surface area (Å²) in [6.45, 7) is 6.90. The lowest BCUT2D eigenvalue weighted by molar-refractivity contribution is -0.132. The van der Waals surface area contributed by atoms with E-state index in [9.17, 15) is 4.79 Å². The Kier molecular flexibility index (Phi) is 9.61. The second-order valence-corrected chi connectivity index (χ2v) is 7.66. The van der Waals surface area contributed by atoms with Crippen molar-refractivity contribution in [2.24, 2.45) is 4.99 Å². The van der Waals surface area contributed by atoms with Gasteiger partial charge in [-0.3, -0.25) is 9.79 Å². The maximum atomic E-state index is 12.5. The van der Waals surface area contributed by atoms with Gasteiger partial charge >= 0.3 is 0 Å². The Hall–Kier alpha value is -2.10. The van der Waals surface area contributed by atoms with Gasteiger partial charge in [0.05, 0.1) is 12.2 Å². The van der Waals surface area contributed by atoms with Crippen molar-refractivity contribution < 1.29 is 9.32 Å². The van der Waals surface area contributed by atoms with Crippen LogP contribution in [-0.2, 0) is 24.3 Å². The van der Waals surface area contributed by atoms with Gasteiger partial charge in [-0.25, -0.2) is 0 Å². The molecule has 1 amide bonds. The number of guanidine groups is 1. The summed E-state index contributed by atoms with van der Waals surface area (Å²) in [4.78, 5) is 18.7. The fourth-order valence-corrected chi connectivity index (χ4v) is 3.39. The molecule has 1 aromatic heterocycles. The van der Waals surface area contributed by atoms with Crippen molar-refractivity contribution in [2.75, 3.05) is 20.1 Å². The molecule has 0 spiro atoms. The molecule has 3 rings (SSSR count). The highest BCUT2D eigenvalue weighted by Gasteiger charge is 2.19. The molecule has 0 saturated carbocycles. The van der Waals surface area contributed by atoms with Crippen LogP contribution in [0.15, 0.2) is 39.8 Å². The van der Waals surface area contributed by atoms with Gasteiger partial charge in [0, 0.05) is 39.2 Å². The van der Waals surface area contributed by atoms with Crippen molar-refractivity contribution in [3.8, 4) is 0 Å². The van der Waals surface area contributed by atoms with Gasteiger partial charge in [0.15, 0.2) is 11.7 Å². The van der Waals surface area contributed by atoms with Crippen LogP contribution < -0.4 is 10.6 Å². The van der Waals surface area contributed by atoms with E-state index >= 15 is 0 Å². The number of carbonyl (C=O) groups is 1. The van der Waals surface area contributed by atoms with Gasteiger partial charge in [0.25, 0.3) is 0 Å². The number of hydrogen-bond acceptors (Lipinski definition) is 4. The number of aromatic nitrogens is 1. The molecule has 30 heavy (non-hydrogen) atoms. The van der Waals surface area contributed by atoms with Crippen molar-refractivity contribution in [3.05, 3.63) is 52.9 Å². The van der Waals surface area contributed by atoms with Gasteiger partial charge in [-0.1, -0.05) is 43.3 Å². The predicted molar refractivity (Wildman–Crippen MR) is 129 cm³/mol. The van der Waals surface area contributed by atoms with Crippen molar-refractivity contribution >= 4 is 35.8 Å². The first-order valence-corrected chi connectivity index (χ1v) is 10.3. The maximum Gasteiger partial charge on any atom is 0.222 e. The zero-order chi connectivity index (χ0) is 20.6. The van der Waals surface area contributed by atoms with Crippen LogP contribution >= 0.6 is 24.0 Å². The number of nitrogens with zero attached hydrogens (tertiary/aromatic N) is 3. The number of carbonyl (C=O) groups excluding carboxylic acids is 1. The highest BCUT2D eigenvalue weighted by Crippen LogP contribution is 2.19. The normalized spacial score (nSPS) is 13.6. The number of fused-ring (bicyclic) bond motifs is 1. The number of benzene rings is 1. The SMILES string of the molecule is CN=C(NCCCC(=O)N1CCc2ccccc2C1)NCc1cc(C(C)C)no1.I. The maximum absolute atomic E-state index is 12.5. The molecule has 0 unspecified atom stereocenters. The molecule has 2 N–H and O–H groups in total. The molecule has 0 saturated heterocycles. The van der Waals surface area contributed by atoms with Gasteiger partial charge in [-0.15, -0.1) is 24.0 Å². The van der Waals surface area contributed by atoms with Crippen LogP contribution in [0, 0.1) is 0 Å². The molecule has 1 aromatic carbocycles. The summed E-state index contributed by atoms with van der Waals surface area (Å²) in [5, 5.41) is 10.5. The van der Waals surface area contributed by atoms with Crippen LogP contribution in [-0.4, -0.2) is 42.1 Å². The van der Waals surface area contributed by atoms with E-state index in [-0.39, 0.29) is 29.9 Å². The lowest BCUT2D eigenvalue weighted by atomic mass is 9.99. The molecule has 0 bridgehead atoms. The van der Waals surface area contributed by atoms with Crippen molar-refractivity contribution in [1.29, 1.82) is 0 Å². The predicted octanol–water partition coefficient (Wildman–Crippen LogP) is 3.45. The summed E-state index contributed by atoms with van der Waals surface area (Å²) in [6.07, 6.45) is 2.24. The average Bonchev–Trinajstić information content (AvgIpc) is 3.22. The Morgan fingerprint density at radius 1 is 1.27 bits per heavy atom. The zero-order valence-electron chi connectivity index (χ0n) is 18.0. The van der Waals surface area contributed by atoms with Gasteiger partial charge in [-0.2, -0.15) is 0 Å². The van der Waals surface area contributed by atoms with Crippen LogP contribution in [0.2, 0.25) is 0 Å². The highest BCUT2D eigenvalue weighted by molar-refractivity contribution is 14.0. The van der Waals surface area contributed by atoms with Gasteiger partial charge in [0.2, 0.25) is 5.91 Å². The van der Waals surface area contributed by atoms with E-state index in [1.54, 1.807) is 7.05 Å². The smallest absolute Gasteiger partial charge is 0.222 e. The van der Waals surface area contributed by atoms with Gasteiger partial charge < -0.3 is 20.1 Å². The summed E-state index contributed by atoms with van der Waals surface area (Å²) in [5.74, 6) is 2.02. The minimum atomic E-state index is 0. The topological polar surface area (TPSA) is 82.8 Å². The van der Waals surface area contributed by atoms with Gasteiger partial charge in [0.1, 0.15) is 0 Å². The van der Waals surface area contributed by atoms with Crippen LogP contribution in [0.3, 0.4) is 0 Å². The summed E-state index contributed by atoms with van der Waals surface area (Å²) in [5.41, 5.74) is 3.58. The standard InChI is InChI=1S/C22H31N5O2.HI/c1-16(2)20-13-19(29-26-20)14-25-22(23-3)24-11-6-9-21(28)27-12-10-17-7-4-5-8-18(17)15-27;/h4-5,7-8,13,16H,6,9-12,14-15H2,1-3H3,(H2,23,24,25);1H. The van der Waals surface area contributed by atoms with E-state index in [2.05, 4.69) is 52.8 Å². The molecular weight excluding hydrogens is 493 g/mol. The average molecular weight is 525 g/mol. The summed E-state index contributed by atoms with van der Waals surface area (Å²) < 4.78 is 5.32. The van der Waals surface area contributed by atoms with E-state index in [0.717, 1.165) is 37.4 Å². The number of hydrogen-bond donors (Lipinski definition) is 2. The summed E-state index contributed by atoms with van der Waals surface area (Å²) >= 11 is 0. The Labute approximate surface area is 195 Å². The van der Waals surface area contributed by atoms with Crippen LogP contribution in [0.1, 0.15) is 55.2 Å². The van der Waals surface area contributed by atoms with Crippen LogP contribution in [0.25, 0.3) is 0 Å². The molecule has 0 fully saturated rings. The molecule has 1 aliphatic rings. The lowest BCUT2D eigenvalue weighted by Crippen LogP contribution is -2.38. The third kappa shape index (κ3) is 6.72. The first-order chi connectivity index (χ1) is 14.1. The summed E-state index contributed by atoms with van der Waals surface area (Å²) in [6, 6.07) is 10.3. The number of aliphatic imine (C=N–C) groups is 1. The second kappa shape index (κ2) is 11.9. The quantitative estimate of drug-likeness (QED) is 0.251. The molecule has 0 atom stereocenters. The third-order valence-electron chi connectivity index (χ3n) is 5.17. The van der Waals surface area contributed by atoms with Crippen LogP contribution in [0.5, 0.6) is 0 Å². The Bertz CT molecular complexity index is 850. The number of amides is 1. The largest absolute Gasteiger partial charge is 0.359 e. The van der Waals surface area contributed by atoms with E-state index < -0.39 is 0 Å². The molecule has 2 aromatic rings. The van der Waals surface area contributed by atoms with E-state index in [0.29, 0.717) is 31.4 Å². The second-order valence-electron chi connectivity index (χ2n) is 7.66. The van der Waals surface area contributed by atoms with E-state index in [4.69, 9.17) is 4.52 Å². The van der Waals surface area contributed by atoms with Crippen LogP contribution in [0.4, 0.5) is 0 Å². The zero-order valence-corrected chi connectivity index (χ0v) is 20.3. The molecule has 8 heteroatoms. The number of rotatable bonds is 7. The first-order valence-electron chi connectivity index (χ1n) is 10.3. The fourth-order valence-electron chi connectivity index (χ4n) is 3.39. The Morgan fingerprint density at radius 2 is 2.03 bits per heavy atom. The first kappa shape index (κ1) is 24.2. The minimum Gasteiger partial charge on any atom is -0.359 e. The molecule has 7 nitrogen and oxygen atoms in total. The summed E-state index contributed by atoms with van der Waals surface area (Å²) in [7, 11) is 1.73. The van der Waals surface area contributed by atoms with E-state index in [1.807, 2.05) is 17.0 Å². The van der Waals surface area contributed by atoms with Crippen molar-refractivity contribution in [2.45, 2.75) is 52.1 Å². The van der Waals surface area contributed by atoms with Crippen molar-refractivity contribution in [1.82, 2.24) is 20.7 Å². The van der Waals surface area contributed by atoms with Crippen molar-refractivity contribution in [3.63, 3.8) is 0 Å². The Morgan fingerprint density at radius 3 is 2.73 bits per heavy atom. The van der Waals surface area contributed by atoms with Gasteiger partial charge in [-0.05, 0) is 29.9 Å². The fraction of sp³-hybridized carbons (Fsp3) is 0.500. The minimum absolute atomic E-state index is 0. The Balaban J connectivity index is 0.00000320. The molecular formula is C22H32IN5O2. The number of halogens is 1. The molecule has 1 aliphatic heterocycles. The highest BCUT2D eigenvalue weighted by atomic mass is 127.